The third-order valence-electron chi connectivity index (χ3n) is 2.96. The molecule has 0 aromatic carbocycles. The van der Waals surface area contributed by atoms with Crippen molar-refractivity contribution in [1.82, 2.24) is 19.5 Å². The molecule has 0 saturated heterocycles. The summed E-state index contributed by atoms with van der Waals surface area (Å²) in [5, 5.41) is 0. The van der Waals surface area contributed by atoms with Crippen LogP contribution >= 0.6 is 0 Å². The number of rotatable bonds is 5. The molecule has 0 amide bonds. The average molecular weight is 264 g/mol. The van der Waals surface area contributed by atoms with Gasteiger partial charge in [0.2, 0.25) is 0 Å². The van der Waals surface area contributed by atoms with E-state index in [1.165, 1.54) is 0 Å². The van der Waals surface area contributed by atoms with E-state index < -0.39 is 11.2 Å². The minimum atomic E-state index is -0.546. The second kappa shape index (κ2) is 5.13. The number of nitrogens with one attached hydrogen (secondary N) is 2. The van der Waals surface area contributed by atoms with E-state index in [1.54, 1.807) is 18.6 Å². The van der Waals surface area contributed by atoms with Crippen molar-refractivity contribution in [3.05, 3.63) is 39.0 Å². The van der Waals surface area contributed by atoms with Gasteiger partial charge in [-0.1, -0.05) is 6.58 Å². The highest BCUT2D eigenvalue weighted by atomic mass is 16.5. The SMILES string of the molecule is C=C(CCCn1c(C)nc2[nH]c(=O)[nH]c(=O)c21)OC. The number of fused-ring (bicyclic) bond motifs is 1. The molecule has 0 atom stereocenters. The number of hydrogen-bond acceptors (Lipinski definition) is 4. The first-order valence-corrected chi connectivity index (χ1v) is 5.94. The van der Waals surface area contributed by atoms with Gasteiger partial charge in [0.1, 0.15) is 5.82 Å². The van der Waals surface area contributed by atoms with Crippen molar-refractivity contribution in [3.63, 3.8) is 0 Å². The molecule has 0 fully saturated rings. The van der Waals surface area contributed by atoms with Gasteiger partial charge < -0.3 is 9.30 Å². The van der Waals surface area contributed by atoms with Crippen LogP contribution in [0.1, 0.15) is 18.7 Å². The van der Waals surface area contributed by atoms with Crippen LogP contribution in [0.25, 0.3) is 11.2 Å². The second-order valence-corrected chi connectivity index (χ2v) is 4.26. The standard InChI is InChI=1S/C12H16N4O3/c1-7(19-3)5-4-6-16-8(2)13-10-9(16)11(17)15-12(18)14-10/h1,4-6H2,2-3H3,(H2,14,15,17,18). The number of hydrogen-bond donors (Lipinski definition) is 2. The van der Waals surface area contributed by atoms with Crippen molar-refractivity contribution in [2.24, 2.45) is 0 Å². The fourth-order valence-corrected chi connectivity index (χ4v) is 1.99. The molecule has 0 unspecified atom stereocenters. The molecule has 2 aromatic heterocycles. The normalized spacial score (nSPS) is 10.8. The van der Waals surface area contributed by atoms with Crippen LogP contribution in [0.2, 0.25) is 0 Å². The summed E-state index contributed by atoms with van der Waals surface area (Å²) in [4.78, 5) is 31.9. The third-order valence-corrected chi connectivity index (χ3v) is 2.96. The molecule has 0 radical (unpaired) electrons. The zero-order chi connectivity index (χ0) is 14.0. The largest absolute Gasteiger partial charge is 0.502 e. The van der Waals surface area contributed by atoms with Crippen LogP contribution in [0, 0.1) is 6.92 Å². The summed E-state index contributed by atoms with van der Waals surface area (Å²) in [6.07, 6.45) is 1.48. The number of allylic oxidation sites excluding steroid dienone is 1. The number of ether oxygens (including phenoxy) is 1. The van der Waals surface area contributed by atoms with Crippen LogP contribution < -0.4 is 11.2 Å². The summed E-state index contributed by atoms with van der Waals surface area (Å²) in [6.45, 7) is 6.15. The Morgan fingerprint density at radius 1 is 1.42 bits per heavy atom. The Morgan fingerprint density at radius 3 is 2.84 bits per heavy atom. The first-order chi connectivity index (χ1) is 9.02. The maximum absolute atomic E-state index is 11.8. The van der Waals surface area contributed by atoms with E-state index in [-0.39, 0.29) is 0 Å². The van der Waals surface area contributed by atoms with Gasteiger partial charge in [0.15, 0.2) is 11.2 Å². The maximum atomic E-state index is 11.8. The summed E-state index contributed by atoms with van der Waals surface area (Å²) in [5.41, 5.74) is -0.267. The molecule has 2 rings (SSSR count). The van der Waals surface area contributed by atoms with Crippen molar-refractivity contribution in [3.8, 4) is 0 Å². The zero-order valence-corrected chi connectivity index (χ0v) is 10.9. The Kier molecular flexibility index (Phi) is 3.55. The fourth-order valence-electron chi connectivity index (χ4n) is 1.99. The molecule has 0 aliphatic carbocycles. The van der Waals surface area contributed by atoms with Crippen LogP contribution in [-0.2, 0) is 11.3 Å². The number of aromatic nitrogens is 4. The van der Waals surface area contributed by atoms with Crippen molar-refractivity contribution >= 4 is 11.2 Å². The summed E-state index contributed by atoms with van der Waals surface area (Å²) in [6, 6.07) is 0. The molecule has 0 bridgehead atoms. The molecular formula is C12H16N4O3. The van der Waals surface area contributed by atoms with Gasteiger partial charge >= 0.3 is 5.69 Å². The van der Waals surface area contributed by atoms with Gasteiger partial charge in [-0.25, -0.2) is 9.78 Å². The molecule has 7 nitrogen and oxygen atoms in total. The molecule has 2 N–H and O–H groups in total. The van der Waals surface area contributed by atoms with Crippen molar-refractivity contribution in [2.75, 3.05) is 7.11 Å². The average Bonchev–Trinajstić information content (AvgIpc) is 2.65. The second-order valence-electron chi connectivity index (χ2n) is 4.26. The lowest BCUT2D eigenvalue weighted by Gasteiger charge is -2.07. The predicted molar refractivity (Wildman–Crippen MR) is 71.1 cm³/mol. The van der Waals surface area contributed by atoms with Gasteiger partial charge in [0.05, 0.1) is 12.9 Å². The predicted octanol–water partition coefficient (Wildman–Crippen LogP) is 0.662. The van der Waals surface area contributed by atoms with Crippen molar-refractivity contribution < 1.29 is 4.74 Å². The van der Waals surface area contributed by atoms with E-state index in [4.69, 9.17) is 4.74 Å². The van der Waals surface area contributed by atoms with Gasteiger partial charge in [0.25, 0.3) is 5.56 Å². The van der Waals surface area contributed by atoms with Gasteiger partial charge in [-0.3, -0.25) is 14.8 Å². The molecule has 0 aliphatic heterocycles. The third kappa shape index (κ3) is 2.59. The molecule has 0 aliphatic rings. The van der Waals surface area contributed by atoms with Gasteiger partial charge in [0, 0.05) is 13.0 Å². The topological polar surface area (TPSA) is 92.8 Å². The highest BCUT2D eigenvalue weighted by molar-refractivity contribution is 5.69. The van der Waals surface area contributed by atoms with Gasteiger partial charge in [-0.05, 0) is 13.3 Å². The molecule has 7 heteroatoms. The van der Waals surface area contributed by atoms with Crippen molar-refractivity contribution in [1.29, 1.82) is 0 Å². The minimum Gasteiger partial charge on any atom is -0.502 e. The monoisotopic (exact) mass is 264 g/mol. The van der Waals surface area contributed by atoms with Crippen LogP contribution in [0.4, 0.5) is 0 Å². The summed E-state index contributed by atoms with van der Waals surface area (Å²) < 4.78 is 6.78. The summed E-state index contributed by atoms with van der Waals surface area (Å²) in [5.74, 6) is 1.38. The van der Waals surface area contributed by atoms with E-state index in [2.05, 4.69) is 21.5 Å². The highest BCUT2D eigenvalue weighted by Gasteiger charge is 2.11. The Balaban J connectivity index is 2.33. The molecular weight excluding hydrogens is 248 g/mol. The first-order valence-electron chi connectivity index (χ1n) is 5.94. The highest BCUT2D eigenvalue weighted by Crippen LogP contribution is 2.11. The van der Waals surface area contributed by atoms with Crippen LogP contribution in [0.3, 0.4) is 0 Å². The van der Waals surface area contributed by atoms with Crippen molar-refractivity contribution in [2.45, 2.75) is 26.3 Å². The number of aryl methyl sites for hydroxylation is 2. The zero-order valence-electron chi connectivity index (χ0n) is 10.9. The van der Waals surface area contributed by atoms with Gasteiger partial charge in [-0.15, -0.1) is 0 Å². The van der Waals surface area contributed by atoms with E-state index in [0.717, 1.165) is 6.42 Å². The Hall–Kier alpha value is -2.31. The minimum absolute atomic E-state index is 0.316. The smallest absolute Gasteiger partial charge is 0.327 e. The van der Waals surface area contributed by atoms with Crippen LogP contribution in [0.15, 0.2) is 21.9 Å². The Morgan fingerprint density at radius 2 is 2.16 bits per heavy atom. The maximum Gasteiger partial charge on any atom is 0.327 e. The van der Waals surface area contributed by atoms with E-state index >= 15 is 0 Å². The number of imidazole rings is 1. The molecule has 102 valence electrons. The molecule has 2 aromatic rings. The van der Waals surface area contributed by atoms with Crippen LogP contribution in [-0.4, -0.2) is 26.6 Å². The molecule has 0 spiro atoms. The molecule has 0 saturated carbocycles. The lowest BCUT2D eigenvalue weighted by atomic mass is 10.3. The Bertz CT molecular complexity index is 723. The number of methoxy groups -OCH3 is 1. The van der Waals surface area contributed by atoms with E-state index in [1.807, 2.05) is 0 Å². The molecule has 2 heterocycles. The fraction of sp³-hybridized carbons (Fsp3) is 0.417. The quantitative estimate of drug-likeness (QED) is 0.776. The molecule has 19 heavy (non-hydrogen) atoms. The number of nitrogens with zero attached hydrogens (tertiary/aromatic N) is 2. The lowest BCUT2D eigenvalue weighted by molar-refractivity contribution is 0.275. The van der Waals surface area contributed by atoms with Gasteiger partial charge in [-0.2, -0.15) is 0 Å². The van der Waals surface area contributed by atoms with E-state index in [9.17, 15) is 9.59 Å². The van der Waals surface area contributed by atoms with Crippen LogP contribution in [0.5, 0.6) is 0 Å². The Labute approximate surface area is 108 Å². The number of aromatic amines is 2. The summed E-state index contributed by atoms with van der Waals surface area (Å²) >= 11 is 0. The first kappa shape index (κ1) is 13.1. The lowest BCUT2D eigenvalue weighted by Crippen LogP contribution is -2.23. The number of H-pyrrole nitrogens is 2. The summed E-state index contributed by atoms with van der Waals surface area (Å²) in [7, 11) is 1.58. The van der Waals surface area contributed by atoms with E-state index in [0.29, 0.717) is 35.7 Å².